The maximum atomic E-state index is 15.7. The van der Waals surface area contributed by atoms with Crippen LogP contribution in [0.5, 0.6) is 0 Å². The van der Waals surface area contributed by atoms with E-state index in [1.54, 1.807) is 4.90 Å². The minimum absolute atomic E-state index is 0.0111. The number of nitrogens with one attached hydrogen (secondary N) is 1. The molecule has 2 N–H and O–H groups in total. The number of likely N-dealkylation sites (tertiary alicyclic amines) is 1. The van der Waals surface area contributed by atoms with Crippen molar-refractivity contribution in [2.45, 2.75) is 44.3 Å². The lowest BCUT2D eigenvalue weighted by atomic mass is 9.87. The lowest BCUT2D eigenvalue weighted by Crippen LogP contribution is -2.54. The SMILES string of the molecule is C[C@@H]1Cc2c(n(F)c3cccc(F)c23)[C@@H](c2c(F)cc(NC3CN(CCCF)C3)cc2F)N1CCCO. The first-order valence-corrected chi connectivity index (χ1v) is 12.7. The minimum atomic E-state index is -1.14. The monoisotopic (exact) mass is 522 g/mol. The van der Waals surface area contributed by atoms with Gasteiger partial charge in [-0.3, -0.25) is 14.2 Å². The molecule has 0 bridgehead atoms. The number of aliphatic hydroxyl groups excluding tert-OH is 1. The topological polar surface area (TPSA) is 43.7 Å². The van der Waals surface area contributed by atoms with Gasteiger partial charge in [0.05, 0.1) is 30.0 Å². The molecule has 200 valence electrons. The van der Waals surface area contributed by atoms with Crippen LogP contribution in [0.1, 0.15) is 42.6 Å². The van der Waals surface area contributed by atoms with E-state index in [1.165, 1.54) is 30.3 Å². The standard InChI is InChI=1S/C27H31F5N4O/c1-16-11-19-24-20(29)5-2-6-23(24)36(32)26(19)27(35(16)9-4-10-37)25-21(30)12-17(13-22(25)31)33-18-14-34(15-18)8-3-7-28/h2,5-6,12-13,16,18,27,33,37H,3-4,7-11,14-15H2,1H3/t16-,27-/m1/s1. The molecule has 5 rings (SSSR count). The highest BCUT2D eigenvalue weighted by atomic mass is 19.2. The Hall–Kier alpha value is -2.69. The smallest absolute Gasteiger partial charge is 0.133 e. The van der Waals surface area contributed by atoms with Gasteiger partial charge in [-0.05, 0) is 56.0 Å². The maximum Gasteiger partial charge on any atom is 0.133 e. The van der Waals surface area contributed by atoms with Crippen molar-refractivity contribution < 1.29 is 27.1 Å². The van der Waals surface area contributed by atoms with Crippen LogP contribution in [0.3, 0.4) is 0 Å². The molecule has 2 aromatic carbocycles. The Labute approximate surface area is 212 Å². The van der Waals surface area contributed by atoms with Crippen LogP contribution in [0, 0.1) is 17.5 Å². The van der Waals surface area contributed by atoms with Crippen LogP contribution >= 0.6 is 0 Å². The van der Waals surface area contributed by atoms with Gasteiger partial charge in [0.2, 0.25) is 0 Å². The predicted octanol–water partition coefficient (Wildman–Crippen LogP) is 4.97. The van der Waals surface area contributed by atoms with Gasteiger partial charge in [-0.15, -0.1) is 0 Å². The highest BCUT2D eigenvalue weighted by Gasteiger charge is 2.41. The summed E-state index contributed by atoms with van der Waals surface area (Å²) in [6.45, 7) is 3.56. The number of anilines is 1. The molecule has 2 atom stereocenters. The molecule has 1 saturated heterocycles. The summed E-state index contributed by atoms with van der Waals surface area (Å²) in [5.74, 6) is -2.25. The number of aliphatic hydroxyl groups is 1. The number of fused-ring (bicyclic) bond motifs is 3. The van der Waals surface area contributed by atoms with Crippen molar-refractivity contribution in [1.82, 2.24) is 14.6 Å². The summed E-state index contributed by atoms with van der Waals surface area (Å²) in [5.41, 5.74) is 0.394. The molecular weight excluding hydrogens is 491 g/mol. The van der Waals surface area contributed by atoms with Crippen molar-refractivity contribution >= 4 is 16.6 Å². The fraction of sp³-hybridized carbons (Fsp3) is 0.481. The molecule has 0 saturated carbocycles. The van der Waals surface area contributed by atoms with E-state index in [0.29, 0.717) is 49.2 Å². The summed E-state index contributed by atoms with van der Waals surface area (Å²) in [6, 6.07) is 5.08. The first-order valence-electron chi connectivity index (χ1n) is 12.7. The Balaban J connectivity index is 1.53. The molecule has 2 aliphatic heterocycles. The molecule has 37 heavy (non-hydrogen) atoms. The van der Waals surface area contributed by atoms with Gasteiger partial charge in [-0.25, -0.2) is 13.2 Å². The number of hydrogen-bond donors (Lipinski definition) is 2. The lowest BCUT2D eigenvalue weighted by molar-refractivity contribution is 0.120. The van der Waals surface area contributed by atoms with Crippen molar-refractivity contribution in [3.05, 3.63) is 64.6 Å². The van der Waals surface area contributed by atoms with Gasteiger partial charge in [0.1, 0.15) is 17.5 Å². The molecule has 0 unspecified atom stereocenters. The number of rotatable bonds is 9. The largest absolute Gasteiger partial charge is 0.396 e. The number of halogens is 5. The molecule has 1 aromatic heterocycles. The second kappa shape index (κ2) is 10.6. The first-order chi connectivity index (χ1) is 17.8. The van der Waals surface area contributed by atoms with E-state index in [4.69, 9.17) is 0 Å². The van der Waals surface area contributed by atoms with Crippen LogP contribution < -0.4 is 5.32 Å². The molecule has 3 heterocycles. The zero-order valence-corrected chi connectivity index (χ0v) is 20.7. The van der Waals surface area contributed by atoms with Crippen LogP contribution in [0.4, 0.5) is 27.7 Å². The van der Waals surface area contributed by atoms with E-state index >= 15 is 13.3 Å². The van der Waals surface area contributed by atoms with Crippen molar-refractivity contribution in [1.29, 1.82) is 0 Å². The second-order valence-corrected chi connectivity index (χ2v) is 10.0. The molecule has 0 aliphatic carbocycles. The molecule has 0 spiro atoms. The molecule has 1 fully saturated rings. The van der Waals surface area contributed by atoms with Crippen molar-refractivity contribution in [2.75, 3.05) is 44.8 Å². The van der Waals surface area contributed by atoms with Crippen LogP contribution in [0.2, 0.25) is 0 Å². The number of benzene rings is 2. The Morgan fingerprint density at radius 3 is 2.43 bits per heavy atom. The number of nitrogens with zero attached hydrogens (tertiary/aromatic N) is 3. The molecular formula is C27H31F5N4O. The van der Waals surface area contributed by atoms with E-state index in [9.17, 15) is 13.9 Å². The van der Waals surface area contributed by atoms with Gasteiger partial charge >= 0.3 is 0 Å². The fourth-order valence-electron chi connectivity index (χ4n) is 5.85. The third kappa shape index (κ3) is 4.70. The molecule has 5 nitrogen and oxygen atoms in total. The van der Waals surface area contributed by atoms with Gasteiger partial charge < -0.3 is 10.4 Å². The Kier molecular flexibility index (Phi) is 7.42. The Bertz CT molecular complexity index is 1250. The average Bonchev–Trinajstić information content (AvgIpc) is 3.11. The number of aromatic nitrogens is 1. The van der Waals surface area contributed by atoms with Crippen LogP contribution in [0.25, 0.3) is 10.9 Å². The van der Waals surface area contributed by atoms with E-state index in [2.05, 4.69) is 10.2 Å². The summed E-state index contributed by atoms with van der Waals surface area (Å²) >= 11 is 0. The summed E-state index contributed by atoms with van der Waals surface area (Å²) in [7, 11) is 0. The summed E-state index contributed by atoms with van der Waals surface area (Å²) in [5, 5.41) is 12.7. The number of alkyl halides is 1. The van der Waals surface area contributed by atoms with Crippen LogP contribution in [-0.2, 0) is 6.42 Å². The summed E-state index contributed by atoms with van der Waals surface area (Å²) in [6.07, 6.45) is 1.09. The maximum absolute atomic E-state index is 15.7. The van der Waals surface area contributed by atoms with E-state index in [-0.39, 0.29) is 59.8 Å². The Morgan fingerprint density at radius 2 is 1.76 bits per heavy atom. The molecule has 10 heteroatoms. The van der Waals surface area contributed by atoms with E-state index in [0.717, 1.165) is 0 Å². The van der Waals surface area contributed by atoms with Gasteiger partial charge in [-0.2, -0.15) is 4.79 Å². The highest BCUT2D eigenvalue weighted by Crippen LogP contribution is 2.45. The molecule has 2 aliphatic rings. The van der Waals surface area contributed by atoms with Crippen molar-refractivity contribution in [3.63, 3.8) is 0 Å². The zero-order valence-electron chi connectivity index (χ0n) is 20.7. The second-order valence-electron chi connectivity index (χ2n) is 10.0. The van der Waals surface area contributed by atoms with Gasteiger partial charge in [0.25, 0.3) is 0 Å². The van der Waals surface area contributed by atoms with E-state index in [1.807, 2.05) is 6.92 Å². The normalized spacial score (nSPS) is 20.8. The summed E-state index contributed by atoms with van der Waals surface area (Å²) in [4.78, 5) is 4.18. The van der Waals surface area contributed by atoms with Crippen molar-refractivity contribution in [3.8, 4) is 0 Å². The quantitative estimate of drug-likeness (QED) is 0.390. The fourth-order valence-corrected chi connectivity index (χ4v) is 5.85. The zero-order chi connectivity index (χ0) is 26.3. The molecule has 3 aromatic rings. The minimum Gasteiger partial charge on any atom is -0.396 e. The van der Waals surface area contributed by atoms with Gasteiger partial charge in [0.15, 0.2) is 0 Å². The van der Waals surface area contributed by atoms with Crippen LogP contribution in [-0.4, -0.2) is 71.2 Å². The predicted molar refractivity (Wildman–Crippen MR) is 133 cm³/mol. The third-order valence-corrected chi connectivity index (χ3v) is 7.54. The highest BCUT2D eigenvalue weighted by molar-refractivity contribution is 5.86. The van der Waals surface area contributed by atoms with Crippen molar-refractivity contribution in [2.24, 2.45) is 0 Å². The van der Waals surface area contributed by atoms with E-state index < -0.39 is 23.5 Å². The number of hydrogen-bond acceptors (Lipinski definition) is 4. The average molecular weight is 523 g/mol. The van der Waals surface area contributed by atoms with Gasteiger partial charge in [-0.1, -0.05) is 10.5 Å². The molecule has 0 radical (unpaired) electrons. The Morgan fingerprint density at radius 1 is 1.03 bits per heavy atom. The third-order valence-electron chi connectivity index (χ3n) is 7.54. The summed E-state index contributed by atoms with van der Waals surface area (Å²) < 4.78 is 74.3. The van der Waals surface area contributed by atoms with Gasteiger partial charge in [0, 0.05) is 55.5 Å². The first kappa shape index (κ1) is 25.9. The van der Waals surface area contributed by atoms with Crippen LogP contribution in [0.15, 0.2) is 30.3 Å². The molecule has 0 amide bonds. The lowest BCUT2D eigenvalue weighted by Gasteiger charge is -2.41.